The topological polar surface area (TPSA) is 61.7 Å². The van der Waals surface area contributed by atoms with Crippen LogP contribution in [0.2, 0.25) is 0 Å². The maximum atomic E-state index is 6.33. The molecule has 0 fully saturated rings. The van der Waals surface area contributed by atoms with E-state index in [4.69, 9.17) is 19.4 Å². The molecule has 266 valence electrons. The fourth-order valence-corrected chi connectivity index (χ4v) is 8.69. The van der Waals surface area contributed by atoms with Crippen LogP contribution in [-0.2, 0) is 0 Å². The van der Waals surface area contributed by atoms with Gasteiger partial charge in [0.15, 0.2) is 11.6 Å². The van der Waals surface area contributed by atoms with Crippen LogP contribution in [0.5, 0.6) is 0 Å². The van der Waals surface area contributed by atoms with E-state index in [1.807, 2.05) is 54.6 Å². The summed E-state index contributed by atoms with van der Waals surface area (Å²) in [4.78, 5) is 15.7. The first-order valence-corrected chi connectivity index (χ1v) is 19.1. The zero-order valence-electron chi connectivity index (χ0n) is 30.5. The molecule has 0 bridgehead atoms. The molecule has 8 aromatic carbocycles. The third-order valence-electron chi connectivity index (χ3n) is 11.2. The van der Waals surface area contributed by atoms with Crippen LogP contribution < -0.4 is 0 Å². The third-order valence-corrected chi connectivity index (χ3v) is 11.2. The molecule has 0 aliphatic carbocycles. The van der Waals surface area contributed by atoms with E-state index >= 15 is 0 Å². The Hall–Kier alpha value is -7.83. The van der Waals surface area contributed by atoms with Crippen LogP contribution in [0.25, 0.3) is 111 Å². The van der Waals surface area contributed by atoms with Crippen LogP contribution >= 0.6 is 0 Å². The van der Waals surface area contributed by atoms with Gasteiger partial charge in [0.05, 0.1) is 22.1 Å². The summed E-state index contributed by atoms with van der Waals surface area (Å²) >= 11 is 0. The fraction of sp³-hybridized carbons (Fsp3) is 0. The van der Waals surface area contributed by atoms with Crippen molar-refractivity contribution < 1.29 is 4.42 Å². The van der Waals surface area contributed by atoms with Gasteiger partial charge in [-0.05, 0) is 54.1 Å². The molecule has 0 aliphatic rings. The summed E-state index contributed by atoms with van der Waals surface area (Å²) < 4.78 is 11.0. The van der Waals surface area contributed by atoms with E-state index in [-0.39, 0.29) is 0 Å². The molecule has 0 radical (unpaired) electrons. The van der Waals surface area contributed by atoms with E-state index in [0.29, 0.717) is 17.6 Å². The fourth-order valence-electron chi connectivity index (χ4n) is 8.69. The minimum Gasteiger partial charge on any atom is -0.456 e. The molecular formula is C51H31N5O. The van der Waals surface area contributed by atoms with Crippen molar-refractivity contribution in [1.29, 1.82) is 0 Å². The van der Waals surface area contributed by atoms with Gasteiger partial charge >= 0.3 is 0 Å². The number of para-hydroxylation sites is 4. The lowest BCUT2D eigenvalue weighted by Crippen LogP contribution is -2.06. The largest absolute Gasteiger partial charge is 0.456 e. The van der Waals surface area contributed by atoms with Crippen molar-refractivity contribution in [3.8, 4) is 45.5 Å². The van der Waals surface area contributed by atoms with Crippen LogP contribution in [0.3, 0.4) is 0 Å². The number of furan rings is 1. The molecule has 6 heteroatoms. The highest BCUT2D eigenvalue weighted by atomic mass is 16.3. The molecule has 0 saturated carbocycles. The van der Waals surface area contributed by atoms with Crippen molar-refractivity contribution in [3.63, 3.8) is 0 Å². The van der Waals surface area contributed by atoms with Crippen molar-refractivity contribution in [1.82, 2.24) is 24.1 Å². The minimum absolute atomic E-state index is 0.542. The van der Waals surface area contributed by atoms with Crippen molar-refractivity contribution >= 4 is 65.6 Å². The lowest BCUT2D eigenvalue weighted by Gasteiger charge is -2.14. The molecule has 57 heavy (non-hydrogen) atoms. The van der Waals surface area contributed by atoms with E-state index in [9.17, 15) is 0 Å². The summed E-state index contributed by atoms with van der Waals surface area (Å²) in [7, 11) is 0. The normalized spacial score (nSPS) is 11.9. The second-order valence-corrected chi connectivity index (χ2v) is 14.4. The maximum absolute atomic E-state index is 6.33. The van der Waals surface area contributed by atoms with Gasteiger partial charge in [-0.2, -0.15) is 9.97 Å². The Bertz CT molecular complexity index is 3510. The first-order chi connectivity index (χ1) is 28.3. The highest BCUT2D eigenvalue weighted by Crippen LogP contribution is 2.46. The number of hydrogen-bond donors (Lipinski definition) is 0. The molecule has 0 atom stereocenters. The predicted molar refractivity (Wildman–Crippen MR) is 232 cm³/mol. The van der Waals surface area contributed by atoms with Crippen molar-refractivity contribution in [2.24, 2.45) is 0 Å². The lowest BCUT2D eigenvalue weighted by molar-refractivity contribution is 0.669. The summed E-state index contributed by atoms with van der Waals surface area (Å²) in [6.07, 6.45) is 0. The highest BCUT2D eigenvalue weighted by Gasteiger charge is 2.25. The molecule has 0 saturated heterocycles. The molecule has 0 unspecified atom stereocenters. The summed E-state index contributed by atoms with van der Waals surface area (Å²) in [6, 6.07) is 65.6. The Morgan fingerprint density at radius 1 is 0.368 bits per heavy atom. The second kappa shape index (κ2) is 12.3. The quantitative estimate of drug-likeness (QED) is 0.177. The van der Waals surface area contributed by atoms with Crippen molar-refractivity contribution in [2.75, 3.05) is 0 Å². The molecule has 4 aromatic heterocycles. The van der Waals surface area contributed by atoms with Gasteiger partial charge in [0.2, 0.25) is 5.95 Å². The zero-order valence-corrected chi connectivity index (χ0v) is 30.5. The van der Waals surface area contributed by atoms with Crippen molar-refractivity contribution in [2.45, 2.75) is 0 Å². The van der Waals surface area contributed by atoms with Crippen molar-refractivity contribution in [3.05, 3.63) is 188 Å². The number of nitrogens with zero attached hydrogens (tertiary/aromatic N) is 5. The van der Waals surface area contributed by atoms with E-state index in [0.717, 1.165) is 88.1 Å². The van der Waals surface area contributed by atoms with Gasteiger partial charge in [-0.3, -0.25) is 4.57 Å². The molecule has 0 N–H and O–H groups in total. The summed E-state index contributed by atoms with van der Waals surface area (Å²) in [5, 5.41) is 6.72. The van der Waals surface area contributed by atoms with Crippen LogP contribution in [0.1, 0.15) is 0 Å². The van der Waals surface area contributed by atoms with Gasteiger partial charge in [0.25, 0.3) is 0 Å². The van der Waals surface area contributed by atoms with Crippen LogP contribution in [0, 0.1) is 0 Å². The highest BCUT2D eigenvalue weighted by molar-refractivity contribution is 6.27. The third kappa shape index (κ3) is 4.81. The van der Waals surface area contributed by atoms with Gasteiger partial charge in [0.1, 0.15) is 11.2 Å². The molecule has 12 rings (SSSR count). The maximum Gasteiger partial charge on any atom is 0.238 e. The Labute approximate surface area is 326 Å². The average Bonchev–Trinajstić information content (AvgIpc) is 3.94. The number of rotatable bonds is 5. The Kier molecular flexibility index (Phi) is 6.83. The van der Waals surface area contributed by atoms with Gasteiger partial charge in [0, 0.05) is 54.7 Å². The second-order valence-electron chi connectivity index (χ2n) is 14.4. The first kappa shape index (κ1) is 31.5. The van der Waals surface area contributed by atoms with Gasteiger partial charge in [-0.1, -0.05) is 140 Å². The van der Waals surface area contributed by atoms with E-state index in [1.165, 1.54) is 5.39 Å². The van der Waals surface area contributed by atoms with Gasteiger partial charge in [-0.25, -0.2) is 4.98 Å². The van der Waals surface area contributed by atoms with Gasteiger partial charge < -0.3 is 8.98 Å². The zero-order chi connectivity index (χ0) is 37.5. The first-order valence-electron chi connectivity index (χ1n) is 19.1. The lowest BCUT2D eigenvalue weighted by atomic mass is 9.96. The Morgan fingerprint density at radius 2 is 0.947 bits per heavy atom. The van der Waals surface area contributed by atoms with Crippen LogP contribution in [0.4, 0.5) is 0 Å². The van der Waals surface area contributed by atoms with E-state index in [1.54, 1.807) is 0 Å². The SMILES string of the molecule is c1ccc(-c2nc(-c3ccc4c(c3)oc3ccccc34)nc(-n3c4ccccc4c4c(-c5ccccc5)c5c(cc43)c3ccccc3n5-c3ccccc3)n2)cc1. The minimum atomic E-state index is 0.542. The molecule has 0 spiro atoms. The smallest absolute Gasteiger partial charge is 0.238 e. The monoisotopic (exact) mass is 729 g/mol. The molecular weight excluding hydrogens is 699 g/mol. The summed E-state index contributed by atoms with van der Waals surface area (Å²) in [6.45, 7) is 0. The molecule has 0 amide bonds. The number of hydrogen-bond acceptors (Lipinski definition) is 4. The van der Waals surface area contributed by atoms with Gasteiger partial charge in [-0.15, -0.1) is 0 Å². The number of aromatic nitrogens is 5. The summed E-state index contributed by atoms with van der Waals surface area (Å²) in [5.74, 6) is 1.70. The number of benzene rings is 8. The molecule has 12 aromatic rings. The predicted octanol–water partition coefficient (Wildman–Crippen LogP) is 13.0. The van der Waals surface area contributed by atoms with Crippen LogP contribution in [-0.4, -0.2) is 24.1 Å². The Morgan fingerprint density at radius 3 is 1.70 bits per heavy atom. The van der Waals surface area contributed by atoms with E-state index < -0.39 is 0 Å². The molecule has 0 aliphatic heterocycles. The average molecular weight is 730 g/mol. The van der Waals surface area contributed by atoms with Crippen LogP contribution in [0.15, 0.2) is 192 Å². The standard InChI is InChI=1S/C51H31N5O/c1-4-16-32(17-5-1)46-47-39-24-11-14-26-42(39)56(43(47)31-40-36-22-10-13-25-41(36)55(48(40)46)35-20-8-3-9-21-35)51-53-49(33-18-6-2-7-19-33)52-50(54-51)34-28-29-38-37-23-12-15-27-44(37)57-45(38)30-34/h1-31H. The summed E-state index contributed by atoms with van der Waals surface area (Å²) in [5.41, 5.74) is 11.1. The van der Waals surface area contributed by atoms with E-state index in [2.05, 4.69) is 143 Å². The molecule has 6 nitrogen and oxygen atoms in total. The molecule has 4 heterocycles. The number of fused-ring (bicyclic) bond motifs is 9. The Balaban J connectivity index is 1.22.